The number of para-hydroxylation sites is 1. The van der Waals surface area contributed by atoms with Gasteiger partial charge in [-0.3, -0.25) is 0 Å². The van der Waals surface area contributed by atoms with Crippen LogP contribution in [-0.2, 0) is 0 Å². The summed E-state index contributed by atoms with van der Waals surface area (Å²) in [6.45, 7) is 7.12. The van der Waals surface area contributed by atoms with Crippen molar-refractivity contribution in [2.75, 3.05) is 20.3 Å². The van der Waals surface area contributed by atoms with E-state index in [1.54, 1.807) is 7.11 Å². The molecule has 96 valence electrons. The first-order valence-electron chi connectivity index (χ1n) is 5.97. The number of benzene rings is 1. The van der Waals surface area contributed by atoms with Crippen molar-refractivity contribution in [2.24, 2.45) is 5.41 Å². The Bertz CT molecular complexity index is 350. The van der Waals surface area contributed by atoms with E-state index in [1.165, 1.54) is 0 Å². The molecule has 0 amide bonds. The molecular weight excluding hydrogens is 214 g/mol. The summed E-state index contributed by atoms with van der Waals surface area (Å²) in [5.74, 6) is 0.898. The van der Waals surface area contributed by atoms with Crippen molar-refractivity contribution >= 4 is 0 Å². The lowest BCUT2D eigenvalue weighted by atomic mass is 9.94. The van der Waals surface area contributed by atoms with E-state index < -0.39 is 0 Å². The van der Waals surface area contributed by atoms with Crippen molar-refractivity contribution in [1.82, 2.24) is 5.32 Å². The molecule has 0 aromatic heterocycles. The summed E-state index contributed by atoms with van der Waals surface area (Å²) < 4.78 is 5.34. The molecular formula is C14H23NO2. The molecule has 0 bridgehead atoms. The Morgan fingerprint density at radius 1 is 1.35 bits per heavy atom. The molecule has 0 unspecified atom stereocenters. The first-order valence-corrected chi connectivity index (χ1v) is 5.97. The van der Waals surface area contributed by atoms with Crippen molar-refractivity contribution < 1.29 is 9.84 Å². The summed E-state index contributed by atoms with van der Waals surface area (Å²) in [6.07, 6.45) is 0. The van der Waals surface area contributed by atoms with Crippen molar-refractivity contribution in [2.45, 2.75) is 26.8 Å². The smallest absolute Gasteiger partial charge is 0.123 e. The van der Waals surface area contributed by atoms with E-state index in [1.807, 2.05) is 32.0 Å². The first-order chi connectivity index (χ1) is 8.00. The van der Waals surface area contributed by atoms with Crippen molar-refractivity contribution in [3.63, 3.8) is 0 Å². The highest BCUT2D eigenvalue weighted by atomic mass is 16.5. The van der Waals surface area contributed by atoms with Crippen molar-refractivity contribution in [3.05, 3.63) is 29.8 Å². The molecule has 0 saturated heterocycles. The average molecular weight is 237 g/mol. The predicted molar refractivity (Wildman–Crippen MR) is 70.3 cm³/mol. The maximum absolute atomic E-state index is 9.21. The van der Waals surface area contributed by atoms with Gasteiger partial charge in [0.2, 0.25) is 0 Å². The van der Waals surface area contributed by atoms with E-state index in [-0.39, 0.29) is 18.1 Å². The topological polar surface area (TPSA) is 41.5 Å². The molecule has 17 heavy (non-hydrogen) atoms. The van der Waals surface area contributed by atoms with Crippen LogP contribution in [0.2, 0.25) is 0 Å². The van der Waals surface area contributed by atoms with Gasteiger partial charge >= 0.3 is 0 Å². The number of methoxy groups -OCH3 is 1. The number of aliphatic hydroxyl groups excluding tert-OH is 1. The molecule has 0 spiro atoms. The summed E-state index contributed by atoms with van der Waals surface area (Å²) in [5, 5.41) is 12.6. The molecule has 2 N–H and O–H groups in total. The summed E-state index contributed by atoms with van der Waals surface area (Å²) in [4.78, 5) is 0. The van der Waals surface area contributed by atoms with Crippen molar-refractivity contribution in [1.29, 1.82) is 0 Å². The third-order valence-corrected chi connectivity index (χ3v) is 2.92. The minimum Gasteiger partial charge on any atom is -0.496 e. The second-order valence-corrected chi connectivity index (χ2v) is 5.17. The molecule has 3 heteroatoms. The second-order valence-electron chi connectivity index (χ2n) is 5.17. The number of hydrogen-bond acceptors (Lipinski definition) is 3. The van der Waals surface area contributed by atoms with Gasteiger partial charge in [0.15, 0.2) is 0 Å². The summed E-state index contributed by atoms with van der Waals surface area (Å²) in [6, 6.07) is 8.20. The van der Waals surface area contributed by atoms with Crippen LogP contribution in [-0.4, -0.2) is 25.4 Å². The number of ether oxygens (including phenoxy) is 1. The van der Waals surface area contributed by atoms with Gasteiger partial charge < -0.3 is 15.2 Å². The lowest BCUT2D eigenvalue weighted by molar-refractivity contribution is 0.153. The number of hydrogen-bond donors (Lipinski definition) is 2. The van der Waals surface area contributed by atoms with Gasteiger partial charge in [-0.15, -0.1) is 0 Å². The highest BCUT2D eigenvalue weighted by molar-refractivity contribution is 5.35. The van der Waals surface area contributed by atoms with E-state index in [4.69, 9.17) is 4.74 Å². The van der Waals surface area contributed by atoms with Crippen LogP contribution in [0.5, 0.6) is 5.75 Å². The maximum Gasteiger partial charge on any atom is 0.123 e. The monoisotopic (exact) mass is 237 g/mol. The average Bonchev–Trinajstić information content (AvgIpc) is 2.36. The molecule has 1 rings (SSSR count). The van der Waals surface area contributed by atoms with Gasteiger partial charge in [-0.25, -0.2) is 0 Å². The zero-order valence-electron chi connectivity index (χ0n) is 11.2. The standard InChI is InChI=1S/C14H23NO2/c1-11(15-9-14(2,3)10-16)12-7-5-6-8-13(12)17-4/h5-8,11,15-16H,9-10H2,1-4H3/t11-/m0/s1. The molecule has 1 aromatic carbocycles. The fourth-order valence-electron chi connectivity index (χ4n) is 1.62. The van der Waals surface area contributed by atoms with Gasteiger partial charge in [0.1, 0.15) is 5.75 Å². The number of rotatable bonds is 6. The Kier molecular flexibility index (Phi) is 4.97. The minimum absolute atomic E-state index is 0.101. The Hall–Kier alpha value is -1.06. The van der Waals surface area contributed by atoms with E-state index >= 15 is 0 Å². The fraction of sp³-hybridized carbons (Fsp3) is 0.571. The van der Waals surface area contributed by atoms with Crippen molar-refractivity contribution in [3.8, 4) is 5.75 Å². The van der Waals surface area contributed by atoms with Crippen LogP contribution < -0.4 is 10.1 Å². The molecule has 0 aliphatic heterocycles. The quantitative estimate of drug-likeness (QED) is 0.798. The second kappa shape index (κ2) is 6.03. The number of nitrogens with one attached hydrogen (secondary N) is 1. The van der Waals surface area contributed by atoms with Crippen LogP contribution in [0.1, 0.15) is 32.4 Å². The van der Waals surface area contributed by atoms with Gasteiger partial charge in [-0.2, -0.15) is 0 Å². The predicted octanol–water partition coefficient (Wildman–Crippen LogP) is 2.36. The number of aliphatic hydroxyl groups is 1. The Balaban J connectivity index is 2.67. The van der Waals surface area contributed by atoms with E-state index in [0.29, 0.717) is 0 Å². The molecule has 0 aliphatic rings. The SMILES string of the molecule is COc1ccccc1[C@H](C)NCC(C)(C)CO. The zero-order valence-corrected chi connectivity index (χ0v) is 11.2. The van der Waals surface area contributed by atoms with Crippen LogP contribution in [0.15, 0.2) is 24.3 Å². The van der Waals surface area contributed by atoms with Crippen LogP contribution in [0.4, 0.5) is 0 Å². The molecule has 1 atom stereocenters. The molecule has 0 aliphatic carbocycles. The third-order valence-electron chi connectivity index (χ3n) is 2.92. The van der Waals surface area contributed by atoms with E-state index in [0.717, 1.165) is 17.9 Å². The highest BCUT2D eigenvalue weighted by Crippen LogP contribution is 2.25. The molecule has 0 radical (unpaired) electrons. The Morgan fingerprint density at radius 3 is 2.59 bits per heavy atom. The largest absolute Gasteiger partial charge is 0.496 e. The third kappa shape index (κ3) is 4.02. The summed E-state index contributed by atoms with van der Waals surface area (Å²) in [7, 11) is 1.68. The molecule has 1 aromatic rings. The fourth-order valence-corrected chi connectivity index (χ4v) is 1.62. The minimum atomic E-state index is -0.101. The van der Waals surface area contributed by atoms with Gasteiger partial charge in [0.25, 0.3) is 0 Å². The summed E-state index contributed by atoms with van der Waals surface area (Å²) >= 11 is 0. The molecule has 0 heterocycles. The van der Waals surface area contributed by atoms with Gasteiger partial charge in [-0.05, 0) is 13.0 Å². The van der Waals surface area contributed by atoms with Crippen LogP contribution >= 0.6 is 0 Å². The molecule has 0 saturated carbocycles. The van der Waals surface area contributed by atoms with Gasteiger partial charge in [-0.1, -0.05) is 32.0 Å². The summed E-state index contributed by atoms with van der Waals surface area (Å²) in [5.41, 5.74) is 1.04. The van der Waals surface area contributed by atoms with E-state index in [9.17, 15) is 5.11 Å². The van der Waals surface area contributed by atoms with E-state index in [2.05, 4.69) is 18.3 Å². The van der Waals surface area contributed by atoms with Gasteiger partial charge in [0.05, 0.1) is 7.11 Å². The Labute approximate surface area is 104 Å². The lowest BCUT2D eigenvalue weighted by Crippen LogP contribution is -2.33. The molecule has 3 nitrogen and oxygen atoms in total. The van der Waals surface area contributed by atoms with Crippen LogP contribution in [0.25, 0.3) is 0 Å². The van der Waals surface area contributed by atoms with Crippen LogP contribution in [0.3, 0.4) is 0 Å². The zero-order chi connectivity index (χ0) is 12.9. The van der Waals surface area contributed by atoms with Crippen LogP contribution in [0, 0.1) is 5.41 Å². The molecule has 0 fully saturated rings. The maximum atomic E-state index is 9.21. The highest BCUT2D eigenvalue weighted by Gasteiger charge is 2.18. The Morgan fingerprint density at radius 2 is 2.00 bits per heavy atom. The normalized spacial score (nSPS) is 13.5. The first kappa shape index (κ1) is 14.0. The lowest BCUT2D eigenvalue weighted by Gasteiger charge is -2.25. The van der Waals surface area contributed by atoms with Gasteiger partial charge in [0, 0.05) is 30.2 Å².